The van der Waals surface area contributed by atoms with Crippen molar-refractivity contribution in [3.05, 3.63) is 30.1 Å². The summed E-state index contributed by atoms with van der Waals surface area (Å²) in [4.78, 5) is 48.3. The zero-order valence-corrected chi connectivity index (χ0v) is 10.9. The molecular formula is C12H13N3O5. The van der Waals surface area contributed by atoms with Crippen molar-refractivity contribution in [3.8, 4) is 0 Å². The van der Waals surface area contributed by atoms with Crippen LogP contribution in [0.15, 0.2) is 24.5 Å². The quantitative estimate of drug-likeness (QED) is 0.736. The number of urea groups is 1. The molecule has 0 aromatic carbocycles. The Hall–Kier alpha value is -2.77. The van der Waals surface area contributed by atoms with Crippen LogP contribution in [0.25, 0.3) is 0 Å². The van der Waals surface area contributed by atoms with Gasteiger partial charge in [-0.05, 0) is 12.1 Å². The van der Waals surface area contributed by atoms with Gasteiger partial charge in [0, 0.05) is 26.5 Å². The second-order valence-electron chi connectivity index (χ2n) is 3.91. The van der Waals surface area contributed by atoms with Gasteiger partial charge in [0.2, 0.25) is 11.8 Å². The van der Waals surface area contributed by atoms with Crippen LogP contribution >= 0.6 is 0 Å². The first-order valence-electron chi connectivity index (χ1n) is 5.55. The van der Waals surface area contributed by atoms with Gasteiger partial charge >= 0.3 is 12.0 Å². The van der Waals surface area contributed by atoms with Crippen LogP contribution in [-0.4, -0.2) is 57.8 Å². The van der Waals surface area contributed by atoms with Crippen LogP contribution in [0.5, 0.6) is 0 Å². The second-order valence-corrected chi connectivity index (χ2v) is 3.91. The van der Waals surface area contributed by atoms with Crippen LogP contribution in [0.2, 0.25) is 0 Å². The molecule has 2 heterocycles. The number of carboxylic acids is 1. The monoisotopic (exact) mass is 279 g/mol. The highest BCUT2D eigenvalue weighted by atomic mass is 16.4. The Balaban J connectivity index is 0.000000204. The number of aromatic carboxylic acids is 1. The van der Waals surface area contributed by atoms with Crippen molar-refractivity contribution in [1.82, 2.24) is 14.8 Å². The molecule has 1 saturated heterocycles. The number of imide groups is 2. The molecule has 1 fully saturated rings. The maximum absolute atomic E-state index is 11.0. The molecule has 1 aromatic heterocycles. The number of pyridine rings is 1. The molecule has 106 valence electrons. The lowest BCUT2D eigenvalue weighted by molar-refractivity contribution is -0.140. The Labute approximate surface area is 114 Å². The summed E-state index contributed by atoms with van der Waals surface area (Å²) in [5.41, 5.74) is 0.269. The van der Waals surface area contributed by atoms with Gasteiger partial charge in [0.1, 0.15) is 6.42 Å². The summed E-state index contributed by atoms with van der Waals surface area (Å²) in [6, 6.07) is 2.33. The summed E-state index contributed by atoms with van der Waals surface area (Å²) in [6.45, 7) is 0. The van der Waals surface area contributed by atoms with Crippen molar-refractivity contribution in [2.75, 3.05) is 14.1 Å². The van der Waals surface area contributed by atoms with Crippen LogP contribution in [0, 0.1) is 0 Å². The van der Waals surface area contributed by atoms with Gasteiger partial charge < -0.3 is 5.11 Å². The van der Waals surface area contributed by atoms with E-state index in [1.165, 1.54) is 38.6 Å². The molecule has 1 aromatic rings. The van der Waals surface area contributed by atoms with E-state index >= 15 is 0 Å². The number of rotatable bonds is 1. The average molecular weight is 279 g/mol. The molecule has 1 aliphatic rings. The maximum atomic E-state index is 11.0. The summed E-state index contributed by atoms with van der Waals surface area (Å²) < 4.78 is 0. The smallest absolute Gasteiger partial charge is 0.335 e. The lowest BCUT2D eigenvalue weighted by Crippen LogP contribution is -2.51. The molecule has 0 atom stereocenters. The summed E-state index contributed by atoms with van der Waals surface area (Å²) in [5, 5.41) is 8.36. The van der Waals surface area contributed by atoms with Crippen molar-refractivity contribution < 1.29 is 24.3 Å². The van der Waals surface area contributed by atoms with Crippen LogP contribution < -0.4 is 0 Å². The van der Waals surface area contributed by atoms with E-state index in [1.807, 2.05) is 0 Å². The van der Waals surface area contributed by atoms with E-state index in [0.29, 0.717) is 0 Å². The van der Waals surface area contributed by atoms with Crippen molar-refractivity contribution in [2.45, 2.75) is 6.42 Å². The summed E-state index contributed by atoms with van der Waals surface area (Å²) in [7, 11) is 2.71. The van der Waals surface area contributed by atoms with Gasteiger partial charge in [-0.25, -0.2) is 9.59 Å². The van der Waals surface area contributed by atoms with Gasteiger partial charge in [-0.3, -0.25) is 24.4 Å². The summed E-state index contributed by atoms with van der Waals surface area (Å²) >= 11 is 0. The molecule has 8 heteroatoms. The Kier molecular flexibility index (Phi) is 4.90. The van der Waals surface area contributed by atoms with Crippen LogP contribution in [0.4, 0.5) is 4.79 Å². The van der Waals surface area contributed by atoms with Gasteiger partial charge in [-0.1, -0.05) is 0 Å². The number of nitrogens with zero attached hydrogens (tertiary/aromatic N) is 3. The molecule has 0 radical (unpaired) electrons. The summed E-state index contributed by atoms with van der Waals surface area (Å²) in [6.07, 6.45) is 2.69. The number of barbiturate groups is 1. The Bertz CT molecular complexity index is 521. The van der Waals surface area contributed by atoms with Gasteiger partial charge in [0.05, 0.1) is 5.56 Å². The lowest BCUT2D eigenvalue weighted by Gasteiger charge is -2.26. The molecule has 0 bridgehead atoms. The highest BCUT2D eigenvalue weighted by molar-refractivity contribution is 6.13. The maximum Gasteiger partial charge on any atom is 0.335 e. The standard InChI is InChI=1S/C6H8N2O3.C6H5NO2/c1-7-4(9)3-5(10)8(2)6(7)11;8-6(9)5-1-3-7-4-2-5/h3H2,1-2H3;1-4H,(H,8,9). The molecule has 0 saturated carbocycles. The van der Waals surface area contributed by atoms with Crippen molar-refractivity contribution in [1.29, 1.82) is 0 Å². The van der Waals surface area contributed by atoms with Crippen LogP contribution in [0.3, 0.4) is 0 Å². The second kappa shape index (κ2) is 6.41. The molecule has 2 rings (SSSR count). The molecule has 8 nitrogen and oxygen atoms in total. The van der Waals surface area contributed by atoms with Gasteiger partial charge in [-0.2, -0.15) is 0 Å². The van der Waals surface area contributed by atoms with Crippen LogP contribution in [0.1, 0.15) is 16.8 Å². The Morgan fingerprint density at radius 2 is 1.55 bits per heavy atom. The van der Waals surface area contributed by atoms with E-state index in [2.05, 4.69) is 4.98 Å². The SMILES string of the molecule is CN1C(=O)CC(=O)N(C)C1=O.O=C(O)c1ccncc1. The van der Waals surface area contributed by atoms with Gasteiger partial charge in [0.25, 0.3) is 0 Å². The predicted molar refractivity (Wildman–Crippen MR) is 66.7 cm³/mol. The third-order valence-corrected chi connectivity index (χ3v) is 2.55. The zero-order chi connectivity index (χ0) is 15.3. The number of aromatic nitrogens is 1. The fourth-order valence-electron chi connectivity index (χ4n) is 1.30. The van der Waals surface area contributed by atoms with E-state index < -0.39 is 23.8 Å². The number of carbonyl (C=O) groups excluding carboxylic acids is 3. The fraction of sp³-hybridized carbons (Fsp3) is 0.250. The number of carbonyl (C=O) groups is 4. The fourth-order valence-corrected chi connectivity index (χ4v) is 1.30. The molecule has 0 unspecified atom stereocenters. The highest BCUT2D eigenvalue weighted by Crippen LogP contribution is 2.06. The Morgan fingerprint density at radius 3 is 1.90 bits per heavy atom. The molecule has 4 amide bonds. The van der Waals surface area contributed by atoms with Gasteiger partial charge in [0.15, 0.2) is 0 Å². The van der Waals surface area contributed by atoms with E-state index in [0.717, 1.165) is 9.80 Å². The molecule has 1 N–H and O–H groups in total. The first kappa shape index (κ1) is 15.3. The molecule has 1 aliphatic heterocycles. The predicted octanol–water partition coefficient (Wildman–Crippen LogP) is 0.207. The highest BCUT2D eigenvalue weighted by Gasteiger charge is 2.32. The van der Waals surface area contributed by atoms with E-state index in [1.54, 1.807) is 0 Å². The number of hydrogen-bond acceptors (Lipinski definition) is 5. The summed E-state index contributed by atoms with van der Waals surface area (Å²) in [5.74, 6) is -1.81. The van der Waals surface area contributed by atoms with E-state index in [-0.39, 0.29) is 12.0 Å². The van der Waals surface area contributed by atoms with Gasteiger partial charge in [-0.15, -0.1) is 0 Å². The lowest BCUT2D eigenvalue weighted by atomic mass is 10.3. The van der Waals surface area contributed by atoms with Crippen molar-refractivity contribution in [3.63, 3.8) is 0 Å². The zero-order valence-electron chi connectivity index (χ0n) is 10.9. The van der Waals surface area contributed by atoms with Crippen LogP contribution in [-0.2, 0) is 9.59 Å². The molecule has 0 spiro atoms. The number of hydrogen-bond donors (Lipinski definition) is 1. The number of amides is 4. The minimum atomic E-state index is -0.919. The number of carboxylic acid groups (broad SMARTS) is 1. The average Bonchev–Trinajstić information content (AvgIpc) is 2.44. The minimum Gasteiger partial charge on any atom is -0.478 e. The Morgan fingerprint density at radius 1 is 1.10 bits per heavy atom. The molecular weight excluding hydrogens is 266 g/mol. The first-order chi connectivity index (χ1) is 9.34. The van der Waals surface area contributed by atoms with E-state index in [9.17, 15) is 19.2 Å². The topological polar surface area (TPSA) is 108 Å². The molecule has 0 aliphatic carbocycles. The third kappa shape index (κ3) is 3.61. The van der Waals surface area contributed by atoms with Crippen molar-refractivity contribution in [2.24, 2.45) is 0 Å². The largest absolute Gasteiger partial charge is 0.478 e. The van der Waals surface area contributed by atoms with E-state index in [4.69, 9.17) is 5.11 Å². The first-order valence-corrected chi connectivity index (χ1v) is 5.55. The third-order valence-electron chi connectivity index (χ3n) is 2.55. The minimum absolute atomic E-state index is 0.210. The normalized spacial score (nSPS) is 14.8. The van der Waals surface area contributed by atoms with Crippen molar-refractivity contribution >= 4 is 23.8 Å². The molecule has 20 heavy (non-hydrogen) atoms.